The van der Waals surface area contributed by atoms with Crippen LogP contribution in [0.25, 0.3) is 0 Å². The van der Waals surface area contributed by atoms with E-state index in [1.54, 1.807) is 11.6 Å². The molecule has 0 saturated heterocycles. The van der Waals surface area contributed by atoms with Crippen molar-refractivity contribution in [3.05, 3.63) is 21.8 Å². The van der Waals surface area contributed by atoms with E-state index in [4.69, 9.17) is 0 Å². The minimum Gasteiger partial charge on any atom is -0.264 e. The predicted molar refractivity (Wildman–Crippen MR) is 43.7 cm³/mol. The lowest BCUT2D eigenvalue weighted by Crippen LogP contribution is -2.22. The molecule has 13 heavy (non-hydrogen) atoms. The highest BCUT2D eigenvalue weighted by Crippen LogP contribution is 2.25. The van der Waals surface area contributed by atoms with E-state index < -0.39 is 6.04 Å². The van der Waals surface area contributed by atoms with Crippen LogP contribution in [0.15, 0.2) is 0 Å². The molecule has 2 heterocycles. The molecule has 0 saturated carbocycles. The highest BCUT2D eigenvalue weighted by molar-refractivity contribution is 4.97. The Labute approximate surface area is 74.7 Å². The van der Waals surface area contributed by atoms with Crippen molar-refractivity contribution in [1.82, 2.24) is 14.8 Å². The van der Waals surface area contributed by atoms with Gasteiger partial charge >= 0.3 is 0 Å². The molecule has 2 rings (SSSR count). The van der Waals surface area contributed by atoms with Crippen LogP contribution in [0.2, 0.25) is 0 Å². The van der Waals surface area contributed by atoms with Crippen LogP contribution in [-0.2, 0) is 6.54 Å². The van der Waals surface area contributed by atoms with E-state index in [2.05, 4.69) is 10.1 Å². The molecule has 1 atom stereocenters. The van der Waals surface area contributed by atoms with Crippen molar-refractivity contribution in [3.63, 3.8) is 0 Å². The van der Waals surface area contributed by atoms with Gasteiger partial charge in [-0.25, -0.2) is 9.67 Å². The Hall–Kier alpha value is -1.46. The van der Waals surface area contributed by atoms with Crippen LogP contribution in [0.4, 0.5) is 0 Å². The average Bonchev–Trinajstić information content (AvgIpc) is 2.43. The first-order valence-electron chi connectivity index (χ1n) is 4.23. The summed E-state index contributed by atoms with van der Waals surface area (Å²) in [6.45, 7) is 2.50. The second-order valence-electron chi connectivity index (χ2n) is 3.18. The molecule has 0 aromatic carbocycles. The first-order valence-corrected chi connectivity index (χ1v) is 4.23. The molecule has 70 valence electrons. The lowest BCUT2D eigenvalue weighted by Gasteiger charge is -2.15. The zero-order valence-corrected chi connectivity index (χ0v) is 7.30. The molecule has 0 amide bonds. The summed E-state index contributed by atoms with van der Waals surface area (Å²) < 4.78 is 1.65. The first kappa shape index (κ1) is 8.15. The highest BCUT2D eigenvalue weighted by atomic mass is 16.6. The van der Waals surface area contributed by atoms with Gasteiger partial charge in [0.2, 0.25) is 5.82 Å². The monoisotopic (exact) mass is 182 g/mol. The second kappa shape index (κ2) is 2.79. The molecule has 0 fully saturated rings. The van der Waals surface area contributed by atoms with Gasteiger partial charge in [0, 0.05) is 17.9 Å². The number of aromatic nitrogens is 3. The van der Waals surface area contributed by atoms with Gasteiger partial charge in [-0.3, -0.25) is 10.1 Å². The Balaban J connectivity index is 2.41. The first-order chi connectivity index (χ1) is 6.18. The van der Waals surface area contributed by atoms with E-state index in [-0.39, 0.29) is 4.92 Å². The molecule has 0 radical (unpaired) electrons. The topological polar surface area (TPSA) is 73.8 Å². The Bertz CT molecular complexity index is 346. The van der Waals surface area contributed by atoms with Crippen molar-refractivity contribution in [1.29, 1.82) is 0 Å². The number of nitro groups is 1. The van der Waals surface area contributed by atoms with E-state index in [1.807, 2.05) is 0 Å². The summed E-state index contributed by atoms with van der Waals surface area (Å²) in [5.41, 5.74) is 0. The number of rotatable bonds is 1. The van der Waals surface area contributed by atoms with Gasteiger partial charge < -0.3 is 0 Å². The van der Waals surface area contributed by atoms with Crippen molar-refractivity contribution in [3.8, 4) is 0 Å². The summed E-state index contributed by atoms with van der Waals surface area (Å²) in [5, 5.41) is 14.7. The lowest BCUT2D eigenvalue weighted by atomic mass is 10.1. The largest absolute Gasteiger partial charge is 0.271 e. The number of aryl methyl sites for hydroxylation is 2. The highest BCUT2D eigenvalue weighted by Gasteiger charge is 2.32. The van der Waals surface area contributed by atoms with Gasteiger partial charge in [0.25, 0.3) is 6.04 Å². The molecular formula is C7H10N4O2. The Morgan fingerprint density at radius 2 is 2.46 bits per heavy atom. The third-order valence-corrected chi connectivity index (χ3v) is 2.21. The molecular weight excluding hydrogens is 172 g/mol. The number of nitrogens with zero attached hydrogens (tertiary/aromatic N) is 4. The van der Waals surface area contributed by atoms with Gasteiger partial charge in [0.1, 0.15) is 5.82 Å². The molecule has 0 N–H and O–H groups in total. The van der Waals surface area contributed by atoms with Crippen LogP contribution in [0, 0.1) is 17.0 Å². The Kier molecular flexibility index (Phi) is 1.75. The van der Waals surface area contributed by atoms with Gasteiger partial charge in [-0.1, -0.05) is 0 Å². The summed E-state index contributed by atoms with van der Waals surface area (Å²) in [6, 6.07) is -0.657. The van der Waals surface area contributed by atoms with Crippen molar-refractivity contribution in [2.75, 3.05) is 0 Å². The zero-order valence-electron chi connectivity index (χ0n) is 7.30. The molecule has 1 aliphatic rings. The van der Waals surface area contributed by atoms with Gasteiger partial charge in [-0.15, -0.1) is 0 Å². The summed E-state index contributed by atoms with van der Waals surface area (Å²) in [7, 11) is 0. The van der Waals surface area contributed by atoms with E-state index in [9.17, 15) is 10.1 Å². The average molecular weight is 182 g/mol. The van der Waals surface area contributed by atoms with Crippen molar-refractivity contribution in [2.24, 2.45) is 0 Å². The van der Waals surface area contributed by atoms with E-state index in [0.717, 1.165) is 13.0 Å². The summed E-state index contributed by atoms with van der Waals surface area (Å²) >= 11 is 0. The quantitative estimate of drug-likeness (QED) is 0.473. The summed E-state index contributed by atoms with van der Waals surface area (Å²) in [5.74, 6) is 1.12. The van der Waals surface area contributed by atoms with Crippen LogP contribution in [0.5, 0.6) is 0 Å². The standard InChI is InChI=1S/C7H10N4O2/c1-5-8-7-6(11(12)13)3-2-4-10(7)9-5/h6H,2-4H2,1H3. The minimum absolute atomic E-state index is 0.279. The third-order valence-electron chi connectivity index (χ3n) is 2.21. The molecule has 0 bridgehead atoms. The van der Waals surface area contributed by atoms with Crippen molar-refractivity contribution < 1.29 is 4.92 Å². The second-order valence-corrected chi connectivity index (χ2v) is 3.18. The van der Waals surface area contributed by atoms with Crippen LogP contribution in [0.1, 0.15) is 30.5 Å². The number of hydrogen-bond donors (Lipinski definition) is 0. The lowest BCUT2D eigenvalue weighted by molar-refractivity contribution is -0.533. The van der Waals surface area contributed by atoms with E-state index in [0.29, 0.717) is 18.1 Å². The molecule has 0 spiro atoms. The maximum atomic E-state index is 10.7. The Morgan fingerprint density at radius 3 is 3.15 bits per heavy atom. The summed E-state index contributed by atoms with van der Waals surface area (Å²) in [4.78, 5) is 14.4. The fourth-order valence-corrected chi connectivity index (χ4v) is 1.65. The zero-order chi connectivity index (χ0) is 9.42. The van der Waals surface area contributed by atoms with E-state index in [1.165, 1.54) is 0 Å². The summed E-state index contributed by atoms with van der Waals surface area (Å²) in [6.07, 6.45) is 1.38. The maximum Gasteiger partial charge on any atom is 0.271 e. The smallest absolute Gasteiger partial charge is 0.264 e. The normalized spacial score (nSPS) is 21.2. The minimum atomic E-state index is -0.657. The van der Waals surface area contributed by atoms with E-state index >= 15 is 0 Å². The van der Waals surface area contributed by atoms with Crippen LogP contribution in [0.3, 0.4) is 0 Å². The van der Waals surface area contributed by atoms with Gasteiger partial charge in [-0.05, 0) is 13.3 Å². The molecule has 1 aliphatic heterocycles. The molecule has 6 nitrogen and oxygen atoms in total. The van der Waals surface area contributed by atoms with Crippen LogP contribution < -0.4 is 0 Å². The molecule has 0 aliphatic carbocycles. The number of fused-ring (bicyclic) bond motifs is 1. The maximum absolute atomic E-state index is 10.7. The van der Waals surface area contributed by atoms with Gasteiger partial charge in [0.05, 0.1) is 0 Å². The van der Waals surface area contributed by atoms with Crippen LogP contribution >= 0.6 is 0 Å². The fraction of sp³-hybridized carbons (Fsp3) is 0.714. The molecule has 6 heteroatoms. The van der Waals surface area contributed by atoms with Gasteiger partial charge in [0.15, 0.2) is 0 Å². The van der Waals surface area contributed by atoms with Crippen molar-refractivity contribution >= 4 is 0 Å². The molecule has 1 unspecified atom stereocenters. The Morgan fingerprint density at radius 1 is 1.69 bits per heavy atom. The SMILES string of the molecule is Cc1nc2n(n1)CCCC2[N+](=O)[O-]. The molecule has 1 aromatic heterocycles. The predicted octanol–water partition coefficient (Wildman–Crippen LogP) is 0.698. The number of hydrogen-bond acceptors (Lipinski definition) is 4. The fourth-order valence-electron chi connectivity index (χ4n) is 1.65. The van der Waals surface area contributed by atoms with Gasteiger partial charge in [-0.2, -0.15) is 5.10 Å². The molecule has 1 aromatic rings. The van der Waals surface area contributed by atoms with Crippen molar-refractivity contribution in [2.45, 2.75) is 32.4 Å². The van der Waals surface area contributed by atoms with Crippen LogP contribution in [-0.4, -0.2) is 19.7 Å². The third kappa shape index (κ3) is 1.28.